The van der Waals surface area contributed by atoms with E-state index in [2.05, 4.69) is 55.7 Å². The van der Waals surface area contributed by atoms with E-state index in [1.165, 1.54) is 5.56 Å². The van der Waals surface area contributed by atoms with Gasteiger partial charge in [0.15, 0.2) is 16.6 Å². The van der Waals surface area contributed by atoms with Crippen LogP contribution in [0.4, 0.5) is 5.69 Å². The Balaban J connectivity index is 2.06. The molecule has 2 rings (SSSR count). The molecule has 0 amide bonds. The van der Waals surface area contributed by atoms with Crippen LogP contribution < -0.4 is 20.1 Å². The molecule has 0 saturated carbocycles. The summed E-state index contributed by atoms with van der Waals surface area (Å²) in [4.78, 5) is 0. The van der Waals surface area contributed by atoms with Gasteiger partial charge in [0.05, 0.1) is 20.3 Å². The predicted octanol–water partition coefficient (Wildman–Crippen LogP) is 5.26. The van der Waals surface area contributed by atoms with Crippen LogP contribution in [0.5, 0.6) is 11.5 Å². The van der Waals surface area contributed by atoms with E-state index in [0.717, 1.165) is 23.4 Å². The lowest BCUT2D eigenvalue weighted by Crippen LogP contribution is -2.32. The fraction of sp³-hybridized carbons (Fsp3) is 0.381. The number of rotatable bonds is 7. The van der Waals surface area contributed by atoms with Gasteiger partial charge in [-0.15, -0.1) is 0 Å². The smallest absolute Gasteiger partial charge is 0.171 e. The molecule has 2 aromatic rings. The summed E-state index contributed by atoms with van der Waals surface area (Å²) in [6, 6.07) is 14.4. The van der Waals surface area contributed by atoms with Gasteiger partial charge in [-0.25, -0.2) is 0 Å². The van der Waals surface area contributed by atoms with Crippen LogP contribution in [0.2, 0.25) is 0 Å². The van der Waals surface area contributed by atoms with Crippen molar-refractivity contribution in [3.05, 3.63) is 53.6 Å². The van der Waals surface area contributed by atoms with Gasteiger partial charge in [-0.1, -0.05) is 39.0 Å². The summed E-state index contributed by atoms with van der Waals surface area (Å²) in [7, 11) is 3.28. The predicted molar refractivity (Wildman–Crippen MR) is 112 cm³/mol. The second-order valence-corrected chi connectivity index (χ2v) is 6.86. The van der Waals surface area contributed by atoms with E-state index in [1.807, 2.05) is 18.2 Å². The van der Waals surface area contributed by atoms with Gasteiger partial charge in [0.2, 0.25) is 0 Å². The minimum absolute atomic E-state index is 0.0877. The maximum Gasteiger partial charge on any atom is 0.171 e. The number of benzene rings is 2. The first-order valence-corrected chi connectivity index (χ1v) is 9.28. The van der Waals surface area contributed by atoms with Crippen molar-refractivity contribution >= 4 is 23.0 Å². The van der Waals surface area contributed by atoms with E-state index in [1.54, 1.807) is 14.2 Å². The van der Waals surface area contributed by atoms with Gasteiger partial charge in [-0.3, -0.25) is 0 Å². The minimum Gasteiger partial charge on any atom is -0.493 e. The van der Waals surface area contributed by atoms with Crippen molar-refractivity contribution in [1.82, 2.24) is 5.32 Å². The van der Waals surface area contributed by atoms with Crippen LogP contribution in [0.25, 0.3) is 0 Å². The van der Waals surface area contributed by atoms with Crippen LogP contribution in [0.15, 0.2) is 42.5 Å². The molecule has 0 heterocycles. The quantitative estimate of drug-likeness (QED) is 0.649. The lowest BCUT2D eigenvalue weighted by Gasteiger charge is -2.21. The van der Waals surface area contributed by atoms with Gasteiger partial charge < -0.3 is 20.1 Å². The summed E-state index contributed by atoms with van der Waals surface area (Å²) in [6.07, 6.45) is 0.892. The molecular formula is C21H28N2O2S. The lowest BCUT2D eigenvalue weighted by atomic mass is 10.0. The van der Waals surface area contributed by atoms with Gasteiger partial charge >= 0.3 is 0 Å². The van der Waals surface area contributed by atoms with Crippen LogP contribution in [0.3, 0.4) is 0 Å². The van der Waals surface area contributed by atoms with Crippen molar-refractivity contribution in [3.8, 4) is 11.5 Å². The second-order valence-electron chi connectivity index (χ2n) is 6.45. The van der Waals surface area contributed by atoms with Crippen molar-refractivity contribution in [1.29, 1.82) is 0 Å². The molecule has 4 nitrogen and oxygen atoms in total. The molecule has 0 unspecified atom stereocenters. The number of ether oxygens (including phenoxy) is 2. The van der Waals surface area contributed by atoms with Crippen LogP contribution in [-0.2, 0) is 0 Å². The van der Waals surface area contributed by atoms with Gasteiger partial charge in [0, 0.05) is 5.69 Å². The third-order valence-electron chi connectivity index (χ3n) is 4.36. The van der Waals surface area contributed by atoms with E-state index in [4.69, 9.17) is 21.7 Å². The Labute approximate surface area is 161 Å². The van der Waals surface area contributed by atoms with Crippen molar-refractivity contribution in [2.24, 2.45) is 0 Å². The Morgan fingerprint density at radius 3 is 2.12 bits per heavy atom. The lowest BCUT2D eigenvalue weighted by molar-refractivity contribution is 0.354. The SMILES string of the molecule is CC[C@@H](NC(=S)Nc1ccc(C(C)C)cc1)c1ccc(OC)c(OC)c1. The zero-order chi connectivity index (χ0) is 19.1. The van der Waals surface area contributed by atoms with Crippen LogP contribution >= 0.6 is 12.2 Å². The summed E-state index contributed by atoms with van der Waals surface area (Å²) in [6.45, 7) is 6.49. The Morgan fingerprint density at radius 2 is 1.58 bits per heavy atom. The normalized spacial score (nSPS) is 11.8. The van der Waals surface area contributed by atoms with Crippen LogP contribution in [0, 0.1) is 0 Å². The maximum absolute atomic E-state index is 5.49. The summed E-state index contributed by atoms with van der Waals surface area (Å²) in [5.41, 5.74) is 3.39. The number of anilines is 1. The van der Waals surface area contributed by atoms with Crippen molar-refractivity contribution in [2.75, 3.05) is 19.5 Å². The maximum atomic E-state index is 5.49. The van der Waals surface area contributed by atoms with E-state index in [0.29, 0.717) is 16.8 Å². The van der Waals surface area contributed by atoms with Crippen LogP contribution in [-0.4, -0.2) is 19.3 Å². The Bertz CT molecular complexity index is 729. The first-order valence-electron chi connectivity index (χ1n) is 8.87. The average molecular weight is 373 g/mol. The van der Waals surface area contributed by atoms with E-state index >= 15 is 0 Å². The minimum atomic E-state index is 0.0877. The standard InChI is InChI=1S/C21H28N2O2S/c1-6-18(16-9-12-19(24-4)20(13-16)25-5)23-21(26)22-17-10-7-15(8-11-17)14(2)3/h7-14,18H,6H2,1-5H3,(H2,22,23,26)/t18-/m1/s1. The summed E-state index contributed by atoms with van der Waals surface area (Å²) in [5.74, 6) is 1.95. The molecular weight excluding hydrogens is 344 g/mol. The third kappa shape index (κ3) is 5.11. The zero-order valence-electron chi connectivity index (χ0n) is 16.1. The number of hydrogen-bond acceptors (Lipinski definition) is 3. The number of methoxy groups -OCH3 is 2. The molecule has 0 aromatic heterocycles. The molecule has 2 N–H and O–H groups in total. The fourth-order valence-corrected chi connectivity index (χ4v) is 3.03. The largest absolute Gasteiger partial charge is 0.493 e. The molecule has 1 atom stereocenters. The molecule has 2 aromatic carbocycles. The number of hydrogen-bond donors (Lipinski definition) is 2. The molecule has 5 heteroatoms. The molecule has 140 valence electrons. The van der Waals surface area contributed by atoms with Crippen molar-refractivity contribution in [3.63, 3.8) is 0 Å². The summed E-state index contributed by atoms with van der Waals surface area (Å²) >= 11 is 5.49. The second kappa shape index (κ2) is 9.43. The Hall–Kier alpha value is -2.27. The third-order valence-corrected chi connectivity index (χ3v) is 4.58. The molecule has 0 bridgehead atoms. The molecule has 0 aliphatic heterocycles. The highest BCUT2D eigenvalue weighted by atomic mass is 32.1. The van der Waals surface area contributed by atoms with E-state index in [-0.39, 0.29) is 6.04 Å². The highest BCUT2D eigenvalue weighted by Gasteiger charge is 2.14. The molecule has 0 radical (unpaired) electrons. The molecule has 0 aliphatic carbocycles. The summed E-state index contributed by atoms with van der Waals surface area (Å²) < 4.78 is 10.7. The van der Waals surface area contributed by atoms with Gasteiger partial charge in [0.1, 0.15) is 0 Å². The summed E-state index contributed by atoms with van der Waals surface area (Å²) in [5, 5.41) is 7.24. The van der Waals surface area contributed by atoms with Crippen LogP contribution in [0.1, 0.15) is 50.3 Å². The fourth-order valence-electron chi connectivity index (χ4n) is 2.77. The Morgan fingerprint density at radius 1 is 0.962 bits per heavy atom. The molecule has 0 saturated heterocycles. The molecule has 0 spiro atoms. The first-order chi connectivity index (χ1) is 12.5. The highest BCUT2D eigenvalue weighted by Crippen LogP contribution is 2.31. The number of nitrogens with one attached hydrogen (secondary N) is 2. The zero-order valence-corrected chi connectivity index (χ0v) is 16.9. The molecule has 0 aliphatic rings. The topological polar surface area (TPSA) is 42.5 Å². The van der Waals surface area contributed by atoms with E-state index in [9.17, 15) is 0 Å². The van der Waals surface area contributed by atoms with Crippen molar-refractivity contribution in [2.45, 2.75) is 39.2 Å². The first kappa shape index (κ1) is 20.0. The van der Waals surface area contributed by atoms with Crippen molar-refractivity contribution < 1.29 is 9.47 Å². The monoisotopic (exact) mass is 372 g/mol. The molecule has 26 heavy (non-hydrogen) atoms. The van der Waals surface area contributed by atoms with E-state index < -0.39 is 0 Å². The molecule has 0 fully saturated rings. The van der Waals surface area contributed by atoms with Gasteiger partial charge in [0.25, 0.3) is 0 Å². The number of thiocarbonyl (C=S) groups is 1. The average Bonchev–Trinajstić information content (AvgIpc) is 2.65. The Kier molecular flexibility index (Phi) is 7.27. The highest BCUT2D eigenvalue weighted by molar-refractivity contribution is 7.80. The van der Waals surface area contributed by atoms with Gasteiger partial charge in [-0.05, 0) is 59.9 Å². The van der Waals surface area contributed by atoms with Gasteiger partial charge in [-0.2, -0.15) is 0 Å².